The Morgan fingerprint density at radius 3 is 2.14 bits per heavy atom. The molecule has 0 fully saturated rings. The number of rotatable bonds is 13. The Morgan fingerprint density at radius 2 is 1.59 bits per heavy atom. The monoisotopic (exact) mass is 617 g/mol. The molecule has 240 valence electrons. The van der Waals surface area contributed by atoms with Gasteiger partial charge in [-0.3, -0.25) is 9.59 Å². The molecule has 0 saturated heterocycles. The molecule has 4 rings (SSSR count). The van der Waals surface area contributed by atoms with Gasteiger partial charge in [-0.25, -0.2) is 0 Å². The number of benzene rings is 3. The molecule has 4 N–H and O–H groups in total. The van der Waals surface area contributed by atoms with Gasteiger partial charge in [-0.05, 0) is 49.9 Å². The zero-order chi connectivity index (χ0) is 32.4. The number of para-hydroxylation sites is 3. The molecule has 0 radical (unpaired) electrons. The van der Waals surface area contributed by atoms with Crippen LogP contribution in [0.15, 0.2) is 78.9 Å². The van der Waals surface area contributed by atoms with E-state index in [1.165, 1.54) is 6.07 Å². The number of amides is 1. The molecule has 1 aliphatic heterocycles. The number of ketones is 1. The Bertz CT molecular complexity index is 1250. The number of hydrogen-bond acceptors (Lipinski definition) is 7. The lowest BCUT2D eigenvalue weighted by Crippen LogP contribution is -2.29. The van der Waals surface area contributed by atoms with Gasteiger partial charge in [-0.1, -0.05) is 67.6 Å². The maximum Gasteiger partial charge on any atom is 0.422 e. The summed E-state index contributed by atoms with van der Waals surface area (Å²) in [6, 6.07) is 24.1. The van der Waals surface area contributed by atoms with E-state index in [4.69, 9.17) is 20.3 Å². The molecular weight excluding hydrogens is 575 g/mol. The van der Waals surface area contributed by atoms with Gasteiger partial charge in [0, 0.05) is 32.3 Å². The molecule has 0 spiro atoms. The molecule has 1 heterocycles. The number of anilines is 1. The van der Waals surface area contributed by atoms with Crippen LogP contribution in [0.4, 0.5) is 18.9 Å². The summed E-state index contributed by atoms with van der Waals surface area (Å²) in [5, 5.41) is 12.1. The van der Waals surface area contributed by atoms with Crippen LogP contribution in [-0.4, -0.2) is 68.5 Å². The second-order valence-electron chi connectivity index (χ2n) is 9.94. The van der Waals surface area contributed by atoms with Crippen molar-refractivity contribution in [2.24, 2.45) is 5.73 Å². The van der Waals surface area contributed by atoms with Crippen LogP contribution in [0.25, 0.3) is 0 Å². The second-order valence-corrected chi connectivity index (χ2v) is 9.94. The van der Waals surface area contributed by atoms with E-state index in [2.05, 4.69) is 19.2 Å². The zero-order valence-electron chi connectivity index (χ0n) is 25.2. The summed E-state index contributed by atoms with van der Waals surface area (Å²) in [6.45, 7) is 5.39. The van der Waals surface area contributed by atoms with Crippen LogP contribution >= 0.6 is 0 Å². The maximum absolute atomic E-state index is 12.1. The van der Waals surface area contributed by atoms with Crippen molar-refractivity contribution >= 4 is 17.4 Å². The molecule has 44 heavy (non-hydrogen) atoms. The topological polar surface area (TPSA) is 114 Å². The normalized spacial score (nSPS) is 12.5. The number of halogens is 3. The SMILES string of the molecule is CC[C@@H](C)NCCOc1ccccc1OCC(F)(F)F.NC(=O)C(=O)c1cccc2c1N(CCCO)CC2.c1ccccc1. The lowest BCUT2D eigenvalue weighted by atomic mass is 10.0. The average molecular weight is 618 g/mol. The Balaban J connectivity index is 0.000000258. The second kappa shape index (κ2) is 19.2. The molecule has 0 bridgehead atoms. The molecule has 8 nitrogen and oxygen atoms in total. The summed E-state index contributed by atoms with van der Waals surface area (Å²) in [6.07, 6.45) is -1.87. The van der Waals surface area contributed by atoms with E-state index in [0.717, 1.165) is 30.6 Å². The van der Waals surface area contributed by atoms with Crippen molar-refractivity contribution in [1.29, 1.82) is 0 Å². The summed E-state index contributed by atoms with van der Waals surface area (Å²) in [4.78, 5) is 24.8. The molecule has 1 atom stereocenters. The minimum Gasteiger partial charge on any atom is -0.488 e. The van der Waals surface area contributed by atoms with Crippen LogP contribution in [0.1, 0.15) is 42.6 Å². The predicted octanol–water partition coefficient (Wildman–Crippen LogP) is 5.18. The number of carbonyl (C=O) groups is 2. The molecule has 1 aliphatic rings. The number of fused-ring (bicyclic) bond motifs is 1. The summed E-state index contributed by atoms with van der Waals surface area (Å²) < 4.78 is 46.6. The van der Waals surface area contributed by atoms with Gasteiger partial charge in [-0.15, -0.1) is 0 Å². The summed E-state index contributed by atoms with van der Waals surface area (Å²) in [5.74, 6) is -1.16. The number of aliphatic hydroxyl groups excluding tert-OH is 1. The third kappa shape index (κ3) is 13.0. The van der Waals surface area contributed by atoms with Crippen molar-refractivity contribution < 1.29 is 37.3 Å². The number of nitrogens with two attached hydrogens (primary N) is 1. The number of hydrogen-bond donors (Lipinski definition) is 3. The number of aliphatic hydroxyl groups is 1. The summed E-state index contributed by atoms with van der Waals surface area (Å²) >= 11 is 0. The largest absolute Gasteiger partial charge is 0.488 e. The van der Waals surface area contributed by atoms with Crippen molar-refractivity contribution in [2.75, 3.05) is 44.4 Å². The predicted molar refractivity (Wildman–Crippen MR) is 165 cm³/mol. The fraction of sp³-hybridized carbons (Fsp3) is 0.394. The van der Waals surface area contributed by atoms with Crippen molar-refractivity contribution in [2.45, 2.75) is 45.3 Å². The lowest BCUT2D eigenvalue weighted by molar-refractivity contribution is -0.153. The fourth-order valence-electron chi connectivity index (χ4n) is 4.18. The summed E-state index contributed by atoms with van der Waals surface area (Å²) in [5.41, 5.74) is 7.29. The molecule has 0 unspecified atom stereocenters. The number of carbonyl (C=O) groups excluding carboxylic acids is 2. The molecule has 3 aromatic carbocycles. The van der Waals surface area contributed by atoms with E-state index in [1.54, 1.807) is 30.3 Å². The molecular formula is C33H42F3N3O5. The first-order chi connectivity index (χ1) is 21.1. The fourth-order valence-corrected chi connectivity index (χ4v) is 4.18. The summed E-state index contributed by atoms with van der Waals surface area (Å²) in [7, 11) is 0. The number of nitrogens with one attached hydrogen (secondary N) is 1. The Labute approximate surface area is 257 Å². The van der Waals surface area contributed by atoms with E-state index in [9.17, 15) is 22.8 Å². The molecule has 3 aromatic rings. The van der Waals surface area contributed by atoms with Gasteiger partial charge < -0.3 is 30.5 Å². The molecule has 11 heteroatoms. The highest BCUT2D eigenvalue weighted by Gasteiger charge is 2.29. The first-order valence-electron chi connectivity index (χ1n) is 14.5. The first kappa shape index (κ1) is 36.1. The van der Waals surface area contributed by atoms with E-state index in [0.29, 0.717) is 43.5 Å². The van der Waals surface area contributed by atoms with Gasteiger partial charge in [-0.2, -0.15) is 13.2 Å². The molecule has 0 saturated carbocycles. The highest BCUT2D eigenvalue weighted by molar-refractivity contribution is 6.43. The van der Waals surface area contributed by atoms with Crippen LogP contribution < -0.4 is 25.4 Å². The van der Waals surface area contributed by atoms with Crippen LogP contribution in [-0.2, 0) is 11.2 Å². The number of alkyl halides is 3. The van der Waals surface area contributed by atoms with Gasteiger partial charge in [0.15, 0.2) is 18.1 Å². The van der Waals surface area contributed by atoms with E-state index in [-0.39, 0.29) is 12.4 Å². The highest BCUT2D eigenvalue weighted by Crippen LogP contribution is 2.32. The van der Waals surface area contributed by atoms with Gasteiger partial charge in [0.25, 0.3) is 11.7 Å². The van der Waals surface area contributed by atoms with Crippen molar-refractivity contribution in [1.82, 2.24) is 5.32 Å². The number of Topliss-reactive ketones (excluding diaryl/α,β-unsaturated/α-hetero) is 1. The number of primary amides is 1. The van der Waals surface area contributed by atoms with E-state index >= 15 is 0 Å². The molecule has 0 aromatic heterocycles. The van der Waals surface area contributed by atoms with Gasteiger partial charge in [0.05, 0.1) is 11.3 Å². The number of ether oxygens (including phenoxy) is 2. The standard InChI is InChI=1S/C14H20F3NO2.C13H16N2O3.C6H6/c1-3-11(2)18-8-9-19-12-6-4-5-7-13(12)20-10-14(15,16)17;14-13(18)12(17)10-4-1-3-9-5-7-15(11(9)10)6-2-8-16;1-2-4-6-5-3-1/h4-7,11,18H,3,8-10H2,1-2H3;1,3-4,16H,2,5-8H2,(H2,14,18);1-6H/t11-;;/m1../s1. The van der Waals surface area contributed by atoms with E-state index in [1.807, 2.05) is 47.4 Å². The van der Waals surface area contributed by atoms with Crippen molar-refractivity contribution in [3.05, 3.63) is 90.0 Å². The average Bonchev–Trinajstić information content (AvgIpc) is 3.45. The van der Waals surface area contributed by atoms with Crippen molar-refractivity contribution in [3.63, 3.8) is 0 Å². The van der Waals surface area contributed by atoms with Crippen LogP contribution in [0.3, 0.4) is 0 Å². The smallest absolute Gasteiger partial charge is 0.422 e. The highest BCUT2D eigenvalue weighted by atomic mass is 19.4. The minimum atomic E-state index is -4.36. The lowest BCUT2D eigenvalue weighted by Gasteiger charge is -2.20. The minimum absolute atomic E-state index is 0.105. The van der Waals surface area contributed by atoms with E-state index < -0.39 is 24.5 Å². The third-order valence-corrected chi connectivity index (χ3v) is 6.51. The third-order valence-electron chi connectivity index (χ3n) is 6.51. The Hall–Kier alpha value is -4.09. The van der Waals surface area contributed by atoms with Gasteiger partial charge in [0.1, 0.15) is 6.61 Å². The Kier molecular flexibility index (Phi) is 15.8. The van der Waals surface area contributed by atoms with Crippen molar-refractivity contribution in [3.8, 4) is 11.5 Å². The quantitative estimate of drug-likeness (QED) is 0.138. The Morgan fingerprint density at radius 1 is 0.977 bits per heavy atom. The van der Waals surface area contributed by atoms with Crippen LogP contribution in [0.5, 0.6) is 11.5 Å². The molecule has 1 amide bonds. The maximum atomic E-state index is 12.1. The molecule has 0 aliphatic carbocycles. The number of nitrogens with zero attached hydrogens (tertiary/aromatic N) is 1. The van der Waals surface area contributed by atoms with Crippen LogP contribution in [0, 0.1) is 0 Å². The zero-order valence-corrected chi connectivity index (χ0v) is 25.2. The van der Waals surface area contributed by atoms with Crippen LogP contribution in [0.2, 0.25) is 0 Å². The first-order valence-corrected chi connectivity index (χ1v) is 14.5. The van der Waals surface area contributed by atoms with Gasteiger partial charge in [0.2, 0.25) is 0 Å². The van der Waals surface area contributed by atoms with Gasteiger partial charge >= 0.3 is 6.18 Å².